The molecule has 0 aliphatic carbocycles. The fraction of sp³-hybridized carbons (Fsp3) is 0.600. The van der Waals surface area contributed by atoms with Crippen LogP contribution in [0.15, 0.2) is 11.8 Å². The predicted molar refractivity (Wildman–Crippen MR) is 51.6 cm³/mol. The summed E-state index contributed by atoms with van der Waals surface area (Å²) in [5.41, 5.74) is 0.160. The minimum absolute atomic E-state index is 0.131. The number of hydrogen-bond donors (Lipinski definition) is 0. The number of ketones is 1. The summed E-state index contributed by atoms with van der Waals surface area (Å²) in [4.78, 5) is 24.6. The zero-order valence-electron chi connectivity index (χ0n) is 8.74. The maximum absolute atomic E-state index is 11.5. The second-order valence-electron chi connectivity index (χ2n) is 3.41. The van der Waals surface area contributed by atoms with Crippen LogP contribution in [-0.4, -0.2) is 36.3 Å². The average Bonchev–Trinajstić information content (AvgIpc) is 2.11. The third kappa shape index (κ3) is 2.13. The maximum Gasteiger partial charge on any atom is 0.343 e. The highest BCUT2D eigenvalue weighted by Crippen LogP contribution is 2.16. The van der Waals surface area contributed by atoms with Crippen molar-refractivity contribution in [3.8, 4) is 0 Å². The number of hydrogen-bond acceptors (Lipinski definition) is 4. The van der Waals surface area contributed by atoms with Gasteiger partial charge in [-0.1, -0.05) is 0 Å². The van der Waals surface area contributed by atoms with E-state index in [9.17, 15) is 9.59 Å². The Morgan fingerprint density at radius 3 is 2.93 bits per heavy atom. The fourth-order valence-electron chi connectivity index (χ4n) is 1.30. The number of carbonyl (C=O) groups excluding carboxylic acids is 2. The van der Waals surface area contributed by atoms with Crippen molar-refractivity contribution in [1.29, 1.82) is 0 Å². The van der Waals surface area contributed by atoms with Gasteiger partial charge in [0.2, 0.25) is 0 Å². The van der Waals surface area contributed by atoms with Crippen molar-refractivity contribution in [2.45, 2.75) is 26.3 Å². The average molecular weight is 197 g/mol. The highest BCUT2D eigenvalue weighted by atomic mass is 16.5. The lowest BCUT2D eigenvalue weighted by Gasteiger charge is -2.27. The van der Waals surface area contributed by atoms with Crippen LogP contribution < -0.4 is 0 Å². The highest BCUT2D eigenvalue weighted by molar-refractivity contribution is 6.17. The molecule has 78 valence electrons. The molecule has 1 aliphatic rings. The predicted octanol–water partition coefficient (Wildman–Crippen LogP) is 0.726. The monoisotopic (exact) mass is 197 g/mol. The van der Waals surface area contributed by atoms with E-state index >= 15 is 0 Å². The van der Waals surface area contributed by atoms with E-state index in [4.69, 9.17) is 4.74 Å². The van der Waals surface area contributed by atoms with E-state index < -0.39 is 5.97 Å². The highest BCUT2D eigenvalue weighted by Gasteiger charge is 2.27. The van der Waals surface area contributed by atoms with Crippen molar-refractivity contribution in [2.75, 3.05) is 13.7 Å². The number of esters is 1. The summed E-state index contributed by atoms with van der Waals surface area (Å²) in [5.74, 6) is -0.648. The molecule has 0 bridgehead atoms. The molecule has 1 unspecified atom stereocenters. The Balaban J connectivity index is 2.81. The van der Waals surface area contributed by atoms with E-state index in [0.29, 0.717) is 13.0 Å². The first-order valence-electron chi connectivity index (χ1n) is 4.70. The number of Topliss-reactive ketones (excluding diaryl/α,β-unsaturated/α-hetero) is 1. The topological polar surface area (TPSA) is 46.6 Å². The quantitative estimate of drug-likeness (QED) is 0.483. The van der Waals surface area contributed by atoms with Crippen molar-refractivity contribution in [3.63, 3.8) is 0 Å². The molecule has 0 fully saturated rings. The normalized spacial score (nSPS) is 21.9. The van der Waals surface area contributed by atoms with E-state index in [0.717, 1.165) is 0 Å². The molecule has 0 spiro atoms. The Morgan fingerprint density at radius 2 is 2.36 bits per heavy atom. The molecule has 0 aromatic heterocycles. The van der Waals surface area contributed by atoms with Crippen LogP contribution >= 0.6 is 0 Å². The molecule has 14 heavy (non-hydrogen) atoms. The van der Waals surface area contributed by atoms with Crippen LogP contribution in [0.1, 0.15) is 20.3 Å². The lowest BCUT2D eigenvalue weighted by atomic mass is 10.0. The van der Waals surface area contributed by atoms with Crippen molar-refractivity contribution >= 4 is 11.8 Å². The van der Waals surface area contributed by atoms with Crippen LogP contribution in [0.4, 0.5) is 0 Å². The molecule has 0 saturated heterocycles. The SMILES string of the molecule is CCOC(=O)C1=CN(C)C(C)CC1=O. The van der Waals surface area contributed by atoms with E-state index in [1.807, 2.05) is 18.9 Å². The van der Waals surface area contributed by atoms with E-state index in [1.54, 1.807) is 13.1 Å². The van der Waals surface area contributed by atoms with Crippen LogP contribution in [-0.2, 0) is 14.3 Å². The van der Waals surface area contributed by atoms with Gasteiger partial charge in [-0.15, -0.1) is 0 Å². The van der Waals surface area contributed by atoms with Gasteiger partial charge >= 0.3 is 5.97 Å². The summed E-state index contributed by atoms with van der Waals surface area (Å²) in [6.45, 7) is 3.96. The van der Waals surface area contributed by atoms with Gasteiger partial charge in [0.1, 0.15) is 5.57 Å². The van der Waals surface area contributed by atoms with Crippen LogP contribution in [0.3, 0.4) is 0 Å². The summed E-state index contributed by atoms with van der Waals surface area (Å²) >= 11 is 0. The molecule has 1 rings (SSSR count). The van der Waals surface area contributed by atoms with Gasteiger partial charge in [-0.25, -0.2) is 4.79 Å². The second-order valence-corrected chi connectivity index (χ2v) is 3.41. The second kappa shape index (κ2) is 4.26. The molecular weight excluding hydrogens is 182 g/mol. The molecular formula is C10H15NO3. The Hall–Kier alpha value is -1.32. The number of carbonyl (C=O) groups is 2. The van der Waals surface area contributed by atoms with Crippen LogP contribution in [0, 0.1) is 0 Å². The molecule has 0 N–H and O–H groups in total. The zero-order chi connectivity index (χ0) is 10.7. The third-order valence-electron chi connectivity index (χ3n) is 2.30. The lowest BCUT2D eigenvalue weighted by molar-refractivity contribution is -0.140. The maximum atomic E-state index is 11.5. The van der Waals surface area contributed by atoms with Crippen molar-refractivity contribution < 1.29 is 14.3 Å². The summed E-state index contributed by atoms with van der Waals surface area (Å²) in [7, 11) is 1.84. The molecule has 0 radical (unpaired) electrons. The summed E-state index contributed by atoms with van der Waals surface area (Å²) in [6.07, 6.45) is 1.94. The van der Waals surface area contributed by atoms with Crippen molar-refractivity contribution in [3.05, 3.63) is 11.8 Å². The Kier molecular flexibility index (Phi) is 3.28. The van der Waals surface area contributed by atoms with Crippen molar-refractivity contribution in [2.24, 2.45) is 0 Å². The summed E-state index contributed by atoms with van der Waals surface area (Å²) in [6, 6.07) is 0.153. The molecule has 0 aromatic carbocycles. The van der Waals surface area contributed by atoms with Gasteiger partial charge in [-0.05, 0) is 13.8 Å². The van der Waals surface area contributed by atoms with Crippen LogP contribution in [0.5, 0.6) is 0 Å². The standard InChI is InChI=1S/C10H15NO3/c1-4-14-10(13)8-6-11(3)7(2)5-9(8)12/h6-7H,4-5H2,1-3H3. The first kappa shape index (κ1) is 10.8. The molecule has 4 heteroatoms. The molecule has 1 atom stereocenters. The first-order chi connectivity index (χ1) is 6.56. The van der Waals surface area contributed by atoms with Gasteiger partial charge in [-0.3, -0.25) is 4.79 Å². The molecule has 1 aliphatic heterocycles. The number of ether oxygens (including phenoxy) is 1. The van der Waals surface area contributed by atoms with Gasteiger partial charge in [0.25, 0.3) is 0 Å². The van der Waals surface area contributed by atoms with Gasteiger partial charge in [0, 0.05) is 25.7 Å². The van der Waals surface area contributed by atoms with E-state index in [-0.39, 0.29) is 17.4 Å². The number of nitrogens with zero attached hydrogens (tertiary/aromatic N) is 1. The summed E-state index contributed by atoms with van der Waals surface area (Å²) < 4.78 is 4.78. The van der Waals surface area contributed by atoms with Crippen LogP contribution in [0.2, 0.25) is 0 Å². The number of rotatable bonds is 2. The zero-order valence-corrected chi connectivity index (χ0v) is 8.74. The van der Waals surface area contributed by atoms with E-state index in [1.165, 1.54) is 0 Å². The van der Waals surface area contributed by atoms with Gasteiger partial charge in [-0.2, -0.15) is 0 Å². The fourth-order valence-corrected chi connectivity index (χ4v) is 1.30. The Bertz CT molecular complexity index is 283. The molecule has 0 amide bonds. The molecule has 1 heterocycles. The smallest absolute Gasteiger partial charge is 0.343 e. The Morgan fingerprint density at radius 1 is 1.71 bits per heavy atom. The third-order valence-corrected chi connectivity index (χ3v) is 2.30. The largest absolute Gasteiger partial charge is 0.462 e. The molecule has 0 saturated carbocycles. The van der Waals surface area contributed by atoms with Crippen LogP contribution in [0.25, 0.3) is 0 Å². The van der Waals surface area contributed by atoms with Gasteiger partial charge < -0.3 is 9.64 Å². The summed E-state index contributed by atoms with van der Waals surface area (Å²) in [5, 5.41) is 0. The molecule has 0 aromatic rings. The Labute approximate surface area is 83.5 Å². The van der Waals surface area contributed by atoms with Gasteiger partial charge in [0.15, 0.2) is 5.78 Å². The molecule has 4 nitrogen and oxygen atoms in total. The minimum atomic E-state index is -0.517. The van der Waals surface area contributed by atoms with Gasteiger partial charge in [0.05, 0.1) is 6.61 Å². The first-order valence-corrected chi connectivity index (χ1v) is 4.70. The lowest BCUT2D eigenvalue weighted by Crippen LogP contribution is -2.35. The minimum Gasteiger partial charge on any atom is -0.462 e. The van der Waals surface area contributed by atoms with Crippen molar-refractivity contribution in [1.82, 2.24) is 4.90 Å². The van der Waals surface area contributed by atoms with E-state index in [2.05, 4.69) is 0 Å².